The molecule has 2 heterocycles. The molecule has 1 N–H and O–H groups in total. The van der Waals surface area contributed by atoms with Crippen LogP contribution in [-0.2, 0) is 7.05 Å². The van der Waals surface area contributed by atoms with Crippen molar-refractivity contribution in [3.05, 3.63) is 60.2 Å². The van der Waals surface area contributed by atoms with E-state index in [1.54, 1.807) is 18.4 Å². The second-order valence-electron chi connectivity index (χ2n) is 4.13. The van der Waals surface area contributed by atoms with Gasteiger partial charge in [-0.05, 0) is 18.2 Å². The number of furan rings is 1. The molecule has 3 aromatic rings. The molecule has 3 heteroatoms. The lowest BCUT2D eigenvalue weighted by Gasteiger charge is -2.05. The van der Waals surface area contributed by atoms with Gasteiger partial charge in [0.05, 0.1) is 6.26 Å². The summed E-state index contributed by atoms with van der Waals surface area (Å²) in [6.45, 7) is 0. The van der Waals surface area contributed by atoms with Gasteiger partial charge in [0.1, 0.15) is 11.9 Å². The van der Waals surface area contributed by atoms with Gasteiger partial charge >= 0.3 is 0 Å². The molecule has 0 radical (unpaired) electrons. The number of aryl methyl sites for hydroxylation is 1. The van der Waals surface area contributed by atoms with Gasteiger partial charge < -0.3 is 14.1 Å². The maximum Gasteiger partial charge on any atom is 0.139 e. The highest BCUT2D eigenvalue weighted by molar-refractivity contribution is 5.84. The standard InChI is InChI=1S/C14H13NO2/c1-15-9-11(10-5-2-3-6-12(10)15)14(16)13-7-4-8-17-13/h2-9,14,16H,1H3. The highest BCUT2D eigenvalue weighted by Gasteiger charge is 2.18. The van der Waals surface area contributed by atoms with Crippen molar-refractivity contribution in [3.8, 4) is 0 Å². The van der Waals surface area contributed by atoms with Crippen molar-refractivity contribution in [2.24, 2.45) is 7.05 Å². The number of benzene rings is 1. The Bertz CT molecular complexity index is 637. The van der Waals surface area contributed by atoms with Crippen LogP contribution in [0.3, 0.4) is 0 Å². The fraction of sp³-hybridized carbons (Fsp3) is 0.143. The summed E-state index contributed by atoms with van der Waals surface area (Å²) in [5.41, 5.74) is 1.98. The molecule has 1 atom stereocenters. The predicted octanol–water partition coefficient (Wildman–Crippen LogP) is 2.85. The quantitative estimate of drug-likeness (QED) is 0.731. The Morgan fingerprint density at radius 2 is 2.00 bits per heavy atom. The first-order chi connectivity index (χ1) is 8.27. The number of fused-ring (bicyclic) bond motifs is 1. The first kappa shape index (κ1) is 10.2. The number of aromatic nitrogens is 1. The van der Waals surface area contributed by atoms with Crippen LogP contribution in [0.2, 0.25) is 0 Å². The van der Waals surface area contributed by atoms with Crippen LogP contribution in [0.25, 0.3) is 10.9 Å². The molecule has 2 aromatic heterocycles. The van der Waals surface area contributed by atoms with Crippen LogP contribution in [0.5, 0.6) is 0 Å². The van der Waals surface area contributed by atoms with Crippen LogP contribution >= 0.6 is 0 Å². The molecular weight excluding hydrogens is 214 g/mol. The number of aliphatic hydroxyl groups excluding tert-OH is 1. The normalized spacial score (nSPS) is 13.1. The van der Waals surface area contributed by atoms with Crippen molar-refractivity contribution in [2.45, 2.75) is 6.10 Å². The summed E-state index contributed by atoms with van der Waals surface area (Å²) in [5, 5.41) is 11.3. The molecule has 0 saturated carbocycles. The van der Waals surface area contributed by atoms with Crippen LogP contribution in [0.1, 0.15) is 17.4 Å². The van der Waals surface area contributed by atoms with E-state index < -0.39 is 6.10 Å². The zero-order chi connectivity index (χ0) is 11.8. The zero-order valence-corrected chi connectivity index (χ0v) is 9.50. The van der Waals surface area contributed by atoms with Crippen molar-refractivity contribution in [2.75, 3.05) is 0 Å². The SMILES string of the molecule is Cn1cc(C(O)c2ccco2)c2ccccc21. The second kappa shape index (κ2) is 3.79. The van der Waals surface area contributed by atoms with E-state index in [4.69, 9.17) is 4.42 Å². The maximum atomic E-state index is 10.3. The summed E-state index contributed by atoms with van der Waals surface area (Å²) < 4.78 is 7.26. The minimum Gasteiger partial charge on any atom is -0.466 e. The van der Waals surface area contributed by atoms with E-state index in [0.717, 1.165) is 16.5 Å². The Morgan fingerprint density at radius 1 is 1.18 bits per heavy atom. The summed E-state index contributed by atoms with van der Waals surface area (Å²) in [7, 11) is 1.97. The summed E-state index contributed by atoms with van der Waals surface area (Å²) in [5.74, 6) is 0.571. The molecule has 0 aliphatic carbocycles. The average molecular weight is 227 g/mol. The molecule has 0 amide bonds. The predicted molar refractivity (Wildman–Crippen MR) is 65.7 cm³/mol. The molecule has 0 fully saturated rings. The Hall–Kier alpha value is -2.00. The van der Waals surface area contributed by atoms with Crippen molar-refractivity contribution in [1.82, 2.24) is 4.57 Å². The van der Waals surface area contributed by atoms with Crippen molar-refractivity contribution in [1.29, 1.82) is 0 Å². The first-order valence-electron chi connectivity index (χ1n) is 5.53. The molecule has 86 valence electrons. The minimum absolute atomic E-state index is 0.571. The molecule has 3 rings (SSSR count). The third-order valence-corrected chi connectivity index (χ3v) is 3.04. The number of rotatable bonds is 2. The average Bonchev–Trinajstić information content (AvgIpc) is 2.97. The van der Waals surface area contributed by atoms with E-state index in [1.807, 2.05) is 42.1 Å². The summed E-state index contributed by atoms with van der Waals surface area (Å²) in [6.07, 6.45) is 2.80. The van der Waals surface area contributed by atoms with Gasteiger partial charge in [0.15, 0.2) is 0 Å². The molecule has 0 saturated heterocycles. The molecule has 17 heavy (non-hydrogen) atoms. The van der Waals surface area contributed by atoms with E-state index in [0.29, 0.717) is 5.76 Å². The lowest BCUT2D eigenvalue weighted by molar-refractivity contribution is 0.190. The highest BCUT2D eigenvalue weighted by Crippen LogP contribution is 2.30. The molecule has 1 aromatic carbocycles. The monoisotopic (exact) mass is 227 g/mol. The first-order valence-corrected chi connectivity index (χ1v) is 5.53. The van der Waals surface area contributed by atoms with E-state index in [1.165, 1.54) is 0 Å². The van der Waals surface area contributed by atoms with Gasteiger partial charge in [-0.2, -0.15) is 0 Å². The third-order valence-electron chi connectivity index (χ3n) is 3.04. The van der Waals surface area contributed by atoms with Gasteiger partial charge in [0, 0.05) is 29.7 Å². The van der Waals surface area contributed by atoms with E-state index in [9.17, 15) is 5.11 Å². The molecule has 0 aliphatic rings. The van der Waals surface area contributed by atoms with E-state index >= 15 is 0 Å². The van der Waals surface area contributed by atoms with Gasteiger partial charge in [-0.1, -0.05) is 18.2 Å². The van der Waals surface area contributed by atoms with Gasteiger partial charge in [0.25, 0.3) is 0 Å². The number of hydrogen-bond acceptors (Lipinski definition) is 2. The van der Waals surface area contributed by atoms with Crippen LogP contribution in [-0.4, -0.2) is 9.67 Å². The zero-order valence-electron chi connectivity index (χ0n) is 9.50. The van der Waals surface area contributed by atoms with Gasteiger partial charge in [-0.3, -0.25) is 0 Å². The van der Waals surface area contributed by atoms with Crippen LogP contribution in [0.4, 0.5) is 0 Å². The van der Waals surface area contributed by atoms with E-state index in [2.05, 4.69) is 0 Å². The molecule has 0 bridgehead atoms. The number of para-hydroxylation sites is 1. The maximum absolute atomic E-state index is 10.3. The summed E-state index contributed by atoms with van der Waals surface area (Å²) in [6, 6.07) is 11.6. The third kappa shape index (κ3) is 1.56. The Kier molecular flexibility index (Phi) is 2.27. The molecule has 0 aliphatic heterocycles. The smallest absolute Gasteiger partial charge is 0.139 e. The second-order valence-corrected chi connectivity index (χ2v) is 4.13. The summed E-state index contributed by atoms with van der Waals surface area (Å²) >= 11 is 0. The molecular formula is C14H13NO2. The fourth-order valence-electron chi connectivity index (χ4n) is 2.19. The summed E-state index contributed by atoms with van der Waals surface area (Å²) in [4.78, 5) is 0. The van der Waals surface area contributed by atoms with E-state index in [-0.39, 0.29) is 0 Å². The molecule has 3 nitrogen and oxygen atoms in total. The number of aliphatic hydroxyl groups is 1. The molecule has 0 spiro atoms. The van der Waals surface area contributed by atoms with Gasteiger partial charge in [-0.25, -0.2) is 0 Å². The van der Waals surface area contributed by atoms with Gasteiger partial charge in [-0.15, -0.1) is 0 Å². The van der Waals surface area contributed by atoms with Gasteiger partial charge in [0.2, 0.25) is 0 Å². The van der Waals surface area contributed by atoms with Crippen molar-refractivity contribution in [3.63, 3.8) is 0 Å². The van der Waals surface area contributed by atoms with Crippen LogP contribution < -0.4 is 0 Å². The Balaban J connectivity index is 2.18. The topological polar surface area (TPSA) is 38.3 Å². The lowest BCUT2D eigenvalue weighted by atomic mass is 10.1. The minimum atomic E-state index is -0.712. The van der Waals surface area contributed by atoms with Crippen LogP contribution in [0.15, 0.2) is 53.3 Å². The fourth-order valence-corrected chi connectivity index (χ4v) is 2.19. The Morgan fingerprint density at radius 3 is 2.76 bits per heavy atom. The van der Waals surface area contributed by atoms with Crippen LogP contribution in [0, 0.1) is 0 Å². The van der Waals surface area contributed by atoms with Crippen molar-refractivity contribution < 1.29 is 9.52 Å². The highest BCUT2D eigenvalue weighted by atomic mass is 16.4. The lowest BCUT2D eigenvalue weighted by Crippen LogP contribution is -1.96. The largest absolute Gasteiger partial charge is 0.466 e. The van der Waals surface area contributed by atoms with Crippen molar-refractivity contribution >= 4 is 10.9 Å². The number of nitrogens with zero attached hydrogens (tertiary/aromatic N) is 1. The number of hydrogen-bond donors (Lipinski definition) is 1. The molecule has 1 unspecified atom stereocenters. The Labute approximate surface area is 98.9 Å².